The van der Waals surface area contributed by atoms with Crippen molar-refractivity contribution in [1.82, 2.24) is 5.32 Å². The molecule has 1 unspecified atom stereocenters. The average Bonchev–Trinajstić information content (AvgIpc) is 2.70. The van der Waals surface area contributed by atoms with E-state index in [0.29, 0.717) is 23.8 Å². The van der Waals surface area contributed by atoms with Crippen LogP contribution in [0.4, 0.5) is 0 Å². The van der Waals surface area contributed by atoms with E-state index in [2.05, 4.69) is 31.3 Å². The third-order valence-electron chi connectivity index (χ3n) is 4.54. The van der Waals surface area contributed by atoms with Crippen molar-refractivity contribution in [3.05, 3.63) is 65.2 Å². The Morgan fingerprint density at radius 1 is 0.963 bits per heavy atom. The van der Waals surface area contributed by atoms with Crippen molar-refractivity contribution in [2.45, 2.75) is 38.6 Å². The molecular formula is C22H28N2O3. The molecule has 5 nitrogen and oxygen atoms in total. The summed E-state index contributed by atoms with van der Waals surface area (Å²) < 4.78 is 5.07. The summed E-state index contributed by atoms with van der Waals surface area (Å²) in [6.45, 7) is 4.63. The van der Waals surface area contributed by atoms with Gasteiger partial charge in [-0.2, -0.15) is 0 Å². The summed E-state index contributed by atoms with van der Waals surface area (Å²) >= 11 is 0. The lowest BCUT2D eigenvalue weighted by Crippen LogP contribution is -2.32. The molecule has 0 saturated carbocycles. The molecule has 0 aliphatic heterocycles. The van der Waals surface area contributed by atoms with Gasteiger partial charge in [-0.25, -0.2) is 0 Å². The zero-order valence-corrected chi connectivity index (χ0v) is 16.2. The number of carbonyl (C=O) groups excluding carboxylic acids is 2. The first-order valence-corrected chi connectivity index (χ1v) is 9.20. The number of carbonyl (C=O) groups is 2. The minimum Gasteiger partial charge on any atom is -0.497 e. The van der Waals surface area contributed by atoms with Gasteiger partial charge in [-0.3, -0.25) is 9.59 Å². The van der Waals surface area contributed by atoms with Crippen LogP contribution < -0.4 is 15.8 Å². The van der Waals surface area contributed by atoms with Gasteiger partial charge < -0.3 is 15.8 Å². The van der Waals surface area contributed by atoms with E-state index < -0.39 is 0 Å². The maximum atomic E-state index is 12.1. The fraction of sp³-hybridized carbons (Fsp3) is 0.364. The van der Waals surface area contributed by atoms with Crippen LogP contribution in [-0.4, -0.2) is 25.3 Å². The number of nitrogens with one attached hydrogen (secondary N) is 1. The van der Waals surface area contributed by atoms with Gasteiger partial charge in [0, 0.05) is 31.0 Å². The quantitative estimate of drug-likeness (QED) is 0.663. The van der Waals surface area contributed by atoms with Crippen molar-refractivity contribution in [1.29, 1.82) is 0 Å². The van der Waals surface area contributed by atoms with Gasteiger partial charge in [0.2, 0.25) is 5.91 Å². The molecule has 2 rings (SSSR count). The van der Waals surface area contributed by atoms with E-state index in [-0.39, 0.29) is 30.6 Å². The van der Waals surface area contributed by atoms with Gasteiger partial charge in [-0.1, -0.05) is 38.1 Å². The number of nitrogens with two attached hydrogens (primary N) is 1. The van der Waals surface area contributed by atoms with E-state index in [1.54, 1.807) is 31.4 Å². The molecule has 0 aromatic heterocycles. The van der Waals surface area contributed by atoms with E-state index in [1.807, 2.05) is 12.1 Å². The third-order valence-corrected chi connectivity index (χ3v) is 4.54. The largest absolute Gasteiger partial charge is 0.497 e. The predicted octanol–water partition coefficient (Wildman–Crippen LogP) is 3.60. The van der Waals surface area contributed by atoms with Gasteiger partial charge in [-0.05, 0) is 41.3 Å². The van der Waals surface area contributed by atoms with E-state index in [1.165, 1.54) is 5.56 Å². The number of hydrogen-bond donors (Lipinski definition) is 2. The van der Waals surface area contributed by atoms with Crippen molar-refractivity contribution < 1.29 is 14.3 Å². The number of hydrogen-bond acceptors (Lipinski definition) is 4. The van der Waals surface area contributed by atoms with Crippen LogP contribution in [0.15, 0.2) is 48.5 Å². The molecule has 0 spiro atoms. The number of Topliss-reactive ketones (excluding diaryl/α,β-unsaturated/α-hetero) is 1. The fourth-order valence-electron chi connectivity index (χ4n) is 2.71. The van der Waals surface area contributed by atoms with Crippen LogP contribution in [0.2, 0.25) is 0 Å². The zero-order valence-electron chi connectivity index (χ0n) is 16.2. The Hall–Kier alpha value is -2.66. The third kappa shape index (κ3) is 6.22. The molecule has 5 heteroatoms. The summed E-state index contributed by atoms with van der Waals surface area (Å²) in [5.74, 6) is 0.922. The van der Waals surface area contributed by atoms with Crippen LogP contribution >= 0.6 is 0 Å². The SMILES string of the molecule is COc1ccc(C(=O)CCC(=O)NCC(N)c2ccc(C(C)C)cc2)cc1. The second-order valence-corrected chi connectivity index (χ2v) is 6.88. The first kappa shape index (κ1) is 20.6. The Bertz CT molecular complexity index is 752. The summed E-state index contributed by atoms with van der Waals surface area (Å²) in [7, 11) is 1.57. The topological polar surface area (TPSA) is 81.4 Å². The van der Waals surface area contributed by atoms with E-state index in [0.717, 1.165) is 5.56 Å². The predicted molar refractivity (Wildman–Crippen MR) is 107 cm³/mol. The van der Waals surface area contributed by atoms with Crippen molar-refractivity contribution in [2.75, 3.05) is 13.7 Å². The van der Waals surface area contributed by atoms with Crippen molar-refractivity contribution in [3.63, 3.8) is 0 Å². The first-order chi connectivity index (χ1) is 12.9. The lowest BCUT2D eigenvalue weighted by atomic mass is 9.99. The molecule has 1 atom stereocenters. The Morgan fingerprint density at radius 3 is 2.11 bits per heavy atom. The van der Waals surface area contributed by atoms with Crippen molar-refractivity contribution in [3.8, 4) is 5.75 Å². The molecule has 1 amide bonds. The van der Waals surface area contributed by atoms with E-state index in [9.17, 15) is 9.59 Å². The highest BCUT2D eigenvalue weighted by Crippen LogP contribution is 2.17. The number of ketones is 1. The molecule has 0 bridgehead atoms. The van der Waals surface area contributed by atoms with Crippen LogP contribution in [0.1, 0.15) is 60.1 Å². The smallest absolute Gasteiger partial charge is 0.220 e. The standard InChI is InChI=1S/C22H28N2O3/c1-15(2)16-4-6-17(7-5-16)20(23)14-24-22(26)13-12-21(25)18-8-10-19(27-3)11-9-18/h4-11,15,20H,12-14,23H2,1-3H3,(H,24,26). The number of methoxy groups -OCH3 is 1. The highest BCUT2D eigenvalue weighted by Gasteiger charge is 2.12. The fourth-order valence-corrected chi connectivity index (χ4v) is 2.71. The minimum absolute atomic E-state index is 0.0682. The second-order valence-electron chi connectivity index (χ2n) is 6.88. The van der Waals surface area contributed by atoms with E-state index >= 15 is 0 Å². The molecular weight excluding hydrogens is 340 g/mol. The summed E-state index contributed by atoms with van der Waals surface area (Å²) in [4.78, 5) is 24.2. The summed E-state index contributed by atoms with van der Waals surface area (Å²) in [6.07, 6.45) is 0.306. The Kier molecular flexibility index (Phi) is 7.55. The molecule has 0 aliphatic carbocycles. The number of benzene rings is 2. The van der Waals surface area contributed by atoms with Crippen LogP contribution in [-0.2, 0) is 4.79 Å². The van der Waals surface area contributed by atoms with Crippen LogP contribution in [0.25, 0.3) is 0 Å². The summed E-state index contributed by atoms with van der Waals surface area (Å²) in [6, 6.07) is 14.7. The molecule has 0 saturated heterocycles. The average molecular weight is 368 g/mol. The molecule has 0 radical (unpaired) electrons. The lowest BCUT2D eigenvalue weighted by Gasteiger charge is -2.14. The van der Waals surface area contributed by atoms with E-state index in [4.69, 9.17) is 10.5 Å². The monoisotopic (exact) mass is 368 g/mol. The summed E-state index contributed by atoms with van der Waals surface area (Å²) in [5.41, 5.74) is 8.96. The Labute approximate surface area is 160 Å². The molecule has 144 valence electrons. The molecule has 0 heterocycles. The highest BCUT2D eigenvalue weighted by molar-refractivity contribution is 5.98. The van der Waals surface area contributed by atoms with Gasteiger partial charge in [0.15, 0.2) is 5.78 Å². The summed E-state index contributed by atoms with van der Waals surface area (Å²) in [5, 5.41) is 2.81. The Balaban J connectivity index is 1.77. The maximum Gasteiger partial charge on any atom is 0.220 e. The van der Waals surface area contributed by atoms with Crippen molar-refractivity contribution >= 4 is 11.7 Å². The van der Waals surface area contributed by atoms with Crippen LogP contribution in [0.3, 0.4) is 0 Å². The number of rotatable bonds is 9. The molecule has 27 heavy (non-hydrogen) atoms. The minimum atomic E-state index is -0.271. The lowest BCUT2D eigenvalue weighted by molar-refractivity contribution is -0.121. The molecule has 0 fully saturated rings. The second kappa shape index (κ2) is 9.88. The van der Waals surface area contributed by atoms with Crippen LogP contribution in [0, 0.1) is 0 Å². The number of amides is 1. The van der Waals surface area contributed by atoms with Gasteiger partial charge in [0.25, 0.3) is 0 Å². The maximum absolute atomic E-state index is 12.1. The zero-order chi connectivity index (χ0) is 19.8. The normalized spacial score (nSPS) is 11.9. The Morgan fingerprint density at radius 2 is 1.56 bits per heavy atom. The highest BCUT2D eigenvalue weighted by atomic mass is 16.5. The van der Waals surface area contributed by atoms with Gasteiger partial charge in [-0.15, -0.1) is 0 Å². The van der Waals surface area contributed by atoms with Crippen LogP contribution in [0.5, 0.6) is 5.75 Å². The first-order valence-electron chi connectivity index (χ1n) is 9.20. The van der Waals surface area contributed by atoms with Crippen molar-refractivity contribution in [2.24, 2.45) is 5.73 Å². The number of ether oxygens (including phenoxy) is 1. The van der Waals surface area contributed by atoms with Gasteiger partial charge in [0.05, 0.1) is 7.11 Å². The molecule has 3 N–H and O–H groups in total. The molecule has 0 aliphatic rings. The van der Waals surface area contributed by atoms with Gasteiger partial charge >= 0.3 is 0 Å². The molecule has 2 aromatic rings. The molecule has 2 aromatic carbocycles. The van der Waals surface area contributed by atoms with Gasteiger partial charge in [0.1, 0.15) is 5.75 Å².